The molecule has 0 aromatic rings. The number of hydrogen-bond acceptors (Lipinski definition) is 2. The lowest BCUT2D eigenvalue weighted by Gasteiger charge is -2.07. The van der Waals surface area contributed by atoms with Gasteiger partial charge in [0.2, 0.25) is 0 Å². The fourth-order valence-corrected chi connectivity index (χ4v) is 2.14. The minimum atomic E-state index is 0.401. The Balaban J connectivity index is 2.95. The fourth-order valence-electron chi connectivity index (χ4n) is 1.02. The summed E-state index contributed by atoms with van der Waals surface area (Å²) in [5, 5.41) is 0. The fraction of sp³-hybridized carbons (Fsp3) is 0.818. The van der Waals surface area contributed by atoms with Crippen LogP contribution in [0.5, 0.6) is 0 Å². The van der Waals surface area contributed by atoms with Gasteiger partial charge in [0, 0.05) is 11.8 Å². The van der Waals surface area contributed by atoms with Crippen molar-refractivity contribution in [1.82, 2.24) is 0 Å². The molecule has 0 rings (SSSR count). The zero-order valence-electron chi connectivity index (χ0n) is 8.80. The van der Waals surface area contributed by atoms with E-state index >= 15 is 0 Å². The van der Waals surface area contributed by atoms with Gasteiger partial charge in [-0.15, -0.1) is 6.58 Å². The summed E-state index contributed by atoms with van der Waals surface area (Å²) in [5.41, 5.74) is 5.80. The minimum absolute atomic E-state index is 0.401. The van der Waals surface area contributed by atoms with Crippen LogP contribution in [0.15, 0.2) is 12.7 Å². The first-order valence-corrected chi connectivity index (χ1v) is 6.41. The van der Waals surface area contributed by atoms with Gasteiger partial charge in [0.1, 0.15) is 0 Å². The molecule has 1 unspecified atom stereocenters. The Morgan fingerprint density at radius 1 is 1.38 bits per heavy atom. The second-order valence-electron chi connectivity index (χ2n) is 3.38. The third-order valence-corrected chi connectivity index (χ3v) is 3.29. The highest BCUT2D eigenvalue weighted by Gasteiger charge is 1.97. The quantitative estimate of drug-likeness (QED) is 0.458. The lowest BCUT2D eigenvalue weighted by molar-refractivity contribution is 0.718. The van der Waals surface area contributed by atoms with Crippen LogP contribution in [-0.2, 0) is 0 Å². The summed E-state index contributed by atoms with van der Waals surface area (Å²) in [4.78, 5) is 0. The van der Waals surface area contributed by atoms with Crippen molar-refractivity contribution in [1.29, 1.82) is 0 Å². The van der Waals surface area contributed by atoms with Crippen molar-refractivity contribution >= 4 is 11.8 Å². The SMILES string of the molecule is C=CCCCCCSCC(N)CC. The molecule has 0 heterocycles. The Morgan fingerprint density at radius 2 is 2.15 bits per heavy atom. The van der Waals surface area contributed by atoms with Crippen LogP contribution in [-0.4, -0.2) is 17.5 Å². The van der Waals surface area contributed by atoms with E-state index in [1.54, 1.807) is 0 Å². The lowest BCUT2D eigenvalue weighted by Crippen LogP contribution is -2.21. The van der Waals surface area contributed by atoms with E-state index in [0.29, 0.717) is 6.04 Å². The van der Waals surface area contributed by atoms with Gasteiger partial charge in [-0.05, 0) is 31.4 Å². The third-order valence-electron chi connectivity index (χ3n) is 2.05. The highest BCUT2D eigenvalue weighted by atomic mass is 32.2. The van der Waals surface area contributed by atoms with Crippen LogP contribution < -0.4 is 5.73 Å². The Kier molecular flexibility index (Phi) is 10.2. The van der Waals surface area contributed by atoms with Gasteiger partial charge in [-0.1, -0.05) is 19.4 Å². The maximum Gasteiger partial charge on any atom is 0.0127 e. The molecule has 0 fully saturated rings. The molecular formula is C11H23NS. The van der Waals surface area contributed by atoms with E-state index in [1.165, 1.54) is 31.4 Å². The Labute approximate surface area is 87.2 Å². The summed E-state index contributed by atoms with van der Waals surface area (Å²) in [5.74, 6) is 2.39. The Bertz CT molecular complexity index is 115. The predicted molar refractivity (Wildman–Crippen MR) is 64.3 cm³/mol. The highest BCUT2D eigenvalue weighted by Crippen LogP contribution is 2.09. The molecule has 0 bridgehead atoms. The first-order valence-electron chi connectivity index (χ1n) is 5.25. The minimum Gasteiger partial charge on any atom is -0.327 e. The highest BCUT2D eigenvalue weighted by molar-refractivity contribution is 7.99. The van der Waals surface area contributed by atoms with Crippen molar-refractivity contribution in [2.75, 3.05) is 11.5 Å². The first kappa shape index (κ1) is 13.1. The molecule has 0 aliphatic carbocycles. The van der Waals surface area contributed by atoms with E-state index in [-0.39, 0.29) is 0 Å². The van der Waals surface area contributed by atoms with Crippen molar-refractivity contribution in [3.63, 3.8) is 0 Å². The van der Waals surface area contributed by atoms with Crippen molar-refractivity contribution in [3.05, 3.63) is 12.7 Å². The van der Waals surface area contributed by atoms with Crippen LogP contribution in [0.2, 0.25) is 0 Å². The molecule has 0 saturated heterocycles. The Hall–Kier alpha value is 0.0500. The molecule has 0 aromatic heterocycles. The lowest BCUT2D eigenvalue weighted by atomic mass is 10.2. The van der Waals surface area contributed by atoms with E-state index in [0.717, 1.165) is 12.2 Å². The molecule has 78 valence electrons. The molecule has 0 aromatic carbocycles. The third kappa shape index (κ3) is 9.97. The molecule has 2 heteroatoms. The molecule has 2 N–H and O–H groups in total. The van der Waals surface area contributed by atoms with Crippen molar-refractivity contribution in [3.8, 4) is 0 Å². The van der Waals surface area contributed by atoms with Gasteiger partial charge in [-0.25, -0.2) is 0 Å². The molecule has 13 heavy (non-hydrogen) atoms. The van der Waals surface area contributed by atoms with Gasteiger partial charge in [-0.2, -0.15) is 11.8 Å². The van der Waals surface area contributed by atoms with Crippen LogP contribution in [0.25, 0.3) is 0 Å². The zero-order chi connectivity index (χ0) is 9.94. The molecule has 0 aliphatic heterocycles. The molecule has 0 aliphatic rings. The van der Waals surface area contributed by atoms with Gasteiger partial charge in [0.05, 0.1) is 0 Å². The smallest absolute Gasteiger partial charge is 0.0127 e. The maximum atomic E-state index is 5.80. The summed E-state index contributed by atoms with van der Waals surface area (Å²) in [6, 6.07) is 0.401. The summed E-state index contributed by atoms with van der Waals surface area (Å²) in [6.45, 7) is 5.86. The summed E-state index contributed by atoms with van der Waals surface area (Å²) < 4.78 is 0. The average molecular weight is 201 g/mol. The zero-order valence-corrected chi connectivity index (χ0v) is 9.61. The van der Waals surface area contributed by atoms with Crippen molar-refractivity contribution in [2.45, 2.75) is 45.1 Å². The van der Waals surface area contributed by atoms with Crippen LogP contribution >= 0.6 is 11.8 Å². The van der Waals surface area contributed by atoms with Gasteiger partial charge < -0.3 is 5.73 Å². The van der Waals surface area contributed by atoms with Crippen molar-refractivity contribution in [2.24, 2.45) is 5.73 Å². The van der Waals surface area contributed by atoms with Gasteiger partial charge in [-0.3, -0.25) is 0 Å². The van der Waals surface area contributed by atoms with E-state index in [4.69, 9.17) is 5.73 Å². The summed E-state index contributed by atoms with van der Waals surface area (Å²) >= 11 is 1.99. The maximum absolute atomic E-state index is 5.80. The van der Waals surface area contributed by atoms with Crippen LogP contribution in [0, 0.1) is 0 Å². The summed E-state index contributed by atoms with van der Waals surface area (Å²) in [7, 11) is 0. The number of nitrogens with two attached hydrogens (primary N) is 1. The predicted octanol–water partition coefficient (Wildman–Crippen LogP) is 3.20. The van der Waals surface area contributed by atoms with E-state index < -0.39 is 0 Å². The van der Waals surface area contributed by atoms with Crippen LogP contribution in [0.4, 0.5) is 0 Å². The second-order valence-corrected chi connectivity index (χ2v) is 4.53. The standard InChI is InChI=1S/C11H23NS/c1-3-5-6-7-8-9-13-10-11(12)4-2/h3,11H,1,4-10,12H2,2H3. The largest absolute Gasteiger partial charge is 0.327 e. The number of thioether (sulfide) groups is 1. The van der Waals surface area contributed by atoms with Gasteiger partial charge in [0.15, 0.2) is 0 Å². The Morgan fingerprint density at radius 3 is 2.77 bits per heavy atom. The van der Waals surface area contributed by atoms with Crippen LogP contribution in [0.1, 0.15) is 39.0 Å². The normalized spacial score (nSPS) is 12.8. The average Bonchev–Trinajstić information content (AvgIpc) is 2.16. The monoisotopic (exact) mass is 201 g/mol. The van der Waals surface area contributed by atoms with E-state index in [2.05, 4.69) is 13.5 Å². The number of hydrogen-bond donors (Lipinski definition) is 1. The van der Waals surface area contributed by atoms with Crippen molar-refractivity contribution < 1.29 is 0 Å². The molecule has 0 saturated carbocycles. The van der Waals surface area contributed by atoms with E-state index in [9.17, 15) is 0 Å². The summed E-state index contributed by atoms with van der Waals surface area (Å²) in [6.07, 6.45) is 8.22. The van der Waals surface area contributed by atoms with Gasteiger partial charge in [0.25, 0.3) is 0 Å². The molecular weight excluding hydrogens is 178 g/mol. The number of rotatable bonds is 9. The molecule has 1 atom stereocenters. The number of unbranched alkanes of at least 4 members (excludes halogenated alkanes) is 3. The van der Waals surface area contributed by atoms with E-state index in [1.807, 2.05) is 17.8 Å². The van der Waals surface area contributed by atoms with Gasteiger partial charge >= 0.3 is 0 Å². The first-order chi connectivity index (χ1) is 6.31. The topological polar surface area (TPSA) is 26.0 Å². The second kappa shape index (κ2) is 10.1. The number of allylic oxidation sites excluding steroid dienone is 1. The molecule has 1 nitrogen and oxygen atoms in total. The molecule has 0 amide bonds. The van der Waals surface area contributed by atoms with Crippen LogP contribution in [0.3, 0.4) is 0 Å². The molecule has 0 spiro atoms. The molecule has 0 radical (unpaired) electrons.